The molecule has 0 fully saturated rings. The van der Waals surface area contributed by atoms with E-state index in [1.165, 1.54) is 16.4 Å². The summed E-state index contributed by atoms with van der Waals surface area (Å²) in [6.45, 7) is 15.7. The van der Waals surface area contributed by atoms with E-state index in [2.05, 4.69) is 5.32 Å². The molecule has 36 heavy (non-hydrogen) atoms. The highest BCUT2D eigenvalue weighted by molar-refractivity contribution is 7.89. The third-order valence-corrected chi connectivity index (χ3v) is 6.90. The van der Waals surface area contributed by atoms with Crippen LogP contribution in [0.4, 0.5) is 5.69 Å². The molecular weight excluding hydrogens is 480 g/mol. The van der Waals surface area contributed by atoms with Gasteiger partial charge in [0, 0.05) is 24.3 Å². The summed E-state index contributed by atoms with van der Waals surface area (Å²) in [5.74, 6) is 1.33. The fourth-order valence-electron chi connectivity index (χ4n) is 3.67. The number of carbonyl (C=O) groups is 1. The molecule has 9 heteroatoms. The van der Waals surface area contributed by atoms with Crippen molar-refractivity contribution in [3.05, 3.63) is 42.0 Å². The van der Waals surface area contributed by atoms with Crippen LogP contribution in [0.5, 0.6) is 17.2 Å². The van der Waals surface area contributed by atoms with E-state index in [9.17, 15) is 13.2 Å². The third-order valence-electron chi connectivity index (χ3n) is 5.06. The Labute approximate surface area is 216 Å². The van der Waals surface area contributed by atoms with Crippen LogP contribution < -0.4 is 19.5 Å². The second kappa shape index (κ2) is 13.5. The molecule has 2 aromatic rings. The van der Waals surface area contributed by atoms with E-state index < -0.39 is 10.0 Å². The Morgan fingerprint density at radius 2 is 1.31 bits per heavy atom. The van der Waals surface area contributed by atoms with Gasteiger partial charge in [-0.3, -0.25) is 4.79 Å². The molecule has 2 rings (SSSR count). The van der Waals surface area contributed by atoms with Gasteiger partial charge in [-0.1, -0.05) is 27.7 Å². The monoisotopic (exact) mass is 520 g/mol. The van der Waals surface area contributed by atoms with Crippen molar-refractivity contribution in [1.82, 2.24) is 4.31 Å². The Morgan fingerprint density at radius 1 is 0.833 bits per heavy atom. The minimum atomic E-state index is -3.65. The number of hydrogen-bond donors (Lipinski definition) is 1. The Balaban J connectivity index is 2.30. The first-order valence-corrected chi connectivity index (χ1v) is 13.9. The molecule has 2 aromatic carbocycles. The van der Waals surface area contributed by atoms with Crippen LogP contribution in [-0.2, 0) is 10.0 Å². The van der Waals surface area contributed by atoms with Crippen LogP contribution in [0.25, 0.3) is 0 Å². The molecular formula is C27H40N2O6S. The van der Waals surface area contributed by atoms with Gasteiger partial charge in [0.25, 0.3) is 5.91 Å². The van der Waals surface area contributed by atoms with Crippen LogP contribution in [0, 0.1) is 11.8 Å². The van der Waals surface area contributed by atoms with Gasteiger partial charge < -0.3 is 19.5 Å². The minimum absolute atomic E-state index is 0.195. The molecule has 8 nitrogen and oxygen atoms in total. The molecule has 0 unspecified atom stereocenters. The van der Waals surface area contributed by atoms with Crippen molar-refractivity contribution in [1.29, 1.82) is 0 Å². The first-order valence-electron chi connectivity index (χ1n) is 12.5. The molecule has 0 aromatic heterocycles. The zero-order chi connectivity index (χ0) is 26.9. The van der Waals surface area contributed by atoms with Crippen LogP contribution in [0.2, 0.25) is 0 Å². The number of hydrogen-bond acceptors (Lipinski definition) is 6. The molecule has 1 amide bonds. The van der Waals surface area contributed by atoms with Gasteiger partial charge in [0.1, 0.15) is 0 Å². The van der Waals surface area contributed by atoms with Gasteiger partial charge in [0.2, 0.25) is 15.8 Å². The molecule has 1 N–H and O–H groups in total. The summed E-state index contributed by atoms with van der Waals surface area (Å²) in [6.07, 6.45) is 0. The summed E-state index contributed by atoms with van der Waals surface area (Å²) < 4.78 is 45.1. The summed E-state index contributed by atoms with van der Waals surface area (Å²) in [4.78, 5) is 13.2. The maximum absolute atomic E-state index is 13.2. The summed E-state index contributed by atoms with van der Waals surface area (Å²) in [5.41, 5.74) is 0.810. The Morgan fingerprint density at radius 3 is 1.72 bits per heavy atom. The van der Waals surface area contributed by atoms with Gasteiger partial charge >= 0.3 is 0 Å². The Kier molecular flexibility index (Phi) is 11.0. The average Bonchev–Trinajstić information content (AvgIpc) is 2.80. The second-order valence-corrected chi connectivity index (χ2v) is 11.1. The van der Waals surface area contributed by atoms with Crippen molar-refractivity contribution in [3.63, 3.8) is 0 Å². The lowest BCUT2D eigenvalue weighted by molar-refractivity contribution is 0.102. The fraction of sp³-hybridized carbons (Fsp3) is 0.519. The highest BCUT2D eigenvalue weighted by Gasteiger charge is 2.26. The molecule has 0 aliphatic carbocycles. The highest BCUT2D eigenvalue weighted by atomic mass is 32.2. The third kappa shape index (κ3) is 7.86. The van der Waals surface area contributed by atoms with Crippen molar-refractivity contribution in [2.24, 2.45) is 11.8 Å². The maximum atomic E-state index is 13.2. The Bertz CT molecular complexity index is 1060. The van der Waals surface area contributed by atoms with E-state index in [4.69, 9.17) is 14.2 Å². The number of amides is 1. The van der Waals surface area contributed by atoms with E-state index in [-0.39, 0.29) is 22.6 Å². The highest BCUT2D eigenvalue weighted by Crippen LogP contribution is 2.39. The molecule has 0 radical (unpaired) electrons. The number of anilines is 1. The lowest BCUT2D eigenvalue weighted by Crippen LogP contribution is -2.37. The summed E-state index contributed by atoms with van der Waals surface area (Å²) in [5, 5.41) is 2.82. The average molecular weight is 521 g/mol. The number of nitrogens with one attached hydrogen (secondary N) is 1. The van der Waals surface area contributed by atoms with Crippen molar-refractivity contribution < 1.29 is 27.4 Å². The molecule has 0 atom stereocenters. The van der Waals surface area contributed by atoms with Crippen molar-refractivity contribution >= 4 is 21.6 Å². The van der Waals surface area contributed by atoms with Crippen LogP contribution >= 0.6 is 0 Å². The zero-order valence-corrected chi connectivity index (χ0v) is 23.3. The van der Waals surface area contributed by atoms with Crippen LogP contribution in [0.3, 0.4) is 0 Å². The van der Waals surface area contributed by atoms with Crippen molar-refractivity contribution in [3.8, 4) is 17.2 Å². The number of rotatable bonds is 14. The summed E-state index contributed by atoms with van der Waals surface area (Å²) >= 11 is 0. The SMILES string of the molecule is CCOc1cc(C(=O)Nc2ccc(S(=O)(=O)N(CC(C)C)CC(C)C)cc2)cc(OCC)c1OCC. The van der Waals surface area contributed by atoms with Crippen LogP contribution in [-0.4, -0.2) is 51.5 Å². The molecule has 200 valence electrons. The Hall–Kier alpha value is -2.78. The van der Waals surface area contributed by atoms with Gasteiger partial charge in [0.05, 0.1) is 24.7 Å². The molecule has 0 saturated heterocycles. The van der Waals surface area contributed by atoms with Gasteiger partial charge in [-0.05, 0) is 69.0 Å². The lowest BCUT2D eigenvalue weighted by atomic mass is 10.1. The number of sulfonamides is 1. The van der Waals surface area contributed by atoms with Gasteiger partial charge in [0.15, 0.2) is 11.5 Å². The molecule has 0 heterocycles. The second-order valence-electron chi connectivity index (χ2n) is 9.19. The zero-order valence-electron chi connectivity index (χ0n) is 22.5. The molecule has 0 saturated carbocycles. The number of benzene rings is 2. The predicted molar refractivity (Wildman–Crippen MR) is 143 cm³/mol. The summed E-state index contributed by atoms with van der Waals surface area (Å²) in [6, 6.07) is 9.45. The van der Waals surface area contributed by atoms with E-state index in [0.717, 1.165) is 0 Å². The normalized spacial score (nSPS) is 11.7. The minimum Gasteiger partial charge on any atom is -0.490 e. The van der Waals surface area contributed by atoms with Crippen LogP contribution in [0.1, 0.15) is 58.8 Å². The lowest BCUT2D eigenvalue weighted by Gasteiger charge is -2.25. The number of ether oxygens (including phenoxy) is 3. The number of carbonyl (C=O) groups excluding carboxylic acids is 1. The molecule has 0 spiro atoms. The largest absolute Gasteiger partial charge is 0.490 e. The van der Waals surface area contributed by atoms with E-state index in [0.29, 0.717) is 61.4 Å². The van der Waals surface area contributed by atoms with Crippen LogP contribution in [0.15, 0.2) is 41.3 Å². The van der Waals surface area contributed by atoms with Gasteiger partial charge in [-0.15, -0.1) is 0 Å². The smallest absolute Gasteiger partial charge is 0.255 e. The van der Waals surface area contributed by atoms with E-state index in [1.807, 2.05) is 48.5 Å². The molecule has 0 aliphatic heterocycles. The first-order chi connectivity index (χ1) is 17.0. The predicted octanol–water partition coefficient (Wildman–Crippen LogP) is 5.44. The first kappa shape index (κ1) is 29.5. The van der Waals surface area contributed by atoms with Gasteiger partial charge in [-0.25, -0.2) is 8.42 Å². The molecule has 0 bridgehead atoms. The van der Waals surface area contributed by atoms with E-state index >= 15 is 0 Å². The van der Waals surface area contributed by atoms with Gasteiger partial charge in [-0.2, -0.15) is 4.31 Å². The summed E-state index contributed by atoms with van der Waals surface area (Å²) in [7, 11) is -3.65. The van der Waals surface area contributed by atoms with Crippen molar-refractivity contribution in [2.75, 3.05) is 38.2 Å². The maximum Gasteiger partial charge on any atom is 0.255 e. The molecule has 0 aliphatic rings. The van der Waals surface area contributed by atoms with Crippen molar-refractivity contribution in [2.45, 2.75) is 53.4 Å². The van der Waals surface area contributed by atoms with E-state index in [1.54, 1.807) is 24.3 Å². The quantitative estimate of drug-likeness (QED) is 0.357. The topological polar surface area (TPSA) is 94.2 Å². The fourth-order valence-corrected chi connectivity index (χ4v) is 5.43. The number of nitrogens with zero attached hydrogens (tertiary/aromatic N) is 1. The standard InChI is InChI=1S/C27H40N2O6S/c1-8-33-24-15-21(16-25(34-9-2)26(24)35-10-3)27(30)28-22-11-13-23(14-12-22)36(31,32)29(17-19(4)5)18-20(6)7/h11-16,19-20H,8-10,17-18H2,1-7H3,(H,28,30).